The molecule has 2 heterocycles. The summed E-state index contributed by atoms with van der Waals surface area (Å²) in [6.45, 7) is 3.49. The van der Waals surface area contributed by atoms with Gasteiger partial charge in [-0.25, -0.2) is 15.0 Å². The highest BCUT2D eigenvalue weighted by Crippen LogP contribution is 2.39. The number of carbonyl (C=O) groups excluding carboxylic acids is 1. The zero-order valence-electron chi connectivity index (χ0n) is 18.9. The third-order valence-electron chi connectivity index (χ3n) is 5.48. The normalized spacial score (nSPS) is 10.7. The second-order valence-electron chi connectivity index (χ2n) is 7.87. The van der Waals surface area contributed by atoms with Crippen LogP contribution in [0.1, 0.15) is 0 Å². The van der Waals surface area contributed by atoms with Crippen LogP contribution in [0, 0.1) is 0 Å². The lowest BCUT2D eigenvalue weighted by molar-refractivity contribution is -0.111. The van der Waals surface area contributed by atoms with Crippen molar-refractivity contribution in [2.45, 2.75) is 0 Å². The number of amides is 1. The van der Waals surface area contributed by atoms with Crippen LogP contribution in [-0.4, -0.2) is 31.1 Å². The van der Waals surface area contributed by atoms with Gasteiger partial charge in [0.05, 0.1) is 5.52 Å². The van der Waals surface area contributed by atoms with Crippen LogP contribution in [0.15, 0.2) is 98.1 Å². The van der Waals surface area contributed by atoms with Crippen LogP contribution in [0.4, 0.5) is 5.69 Å². The number of carbonyl (C=O) groups is 1. The number of aromatic nitrogens is 3. The minimum Gasteiger partial charge on any atom is -0.507 e. The average molecular weight is 476 g/mol. The zero-order valence-corrected chi connectivity index (χ0v) is 18.9. The van der Waals surface area contributed by atoms with Gasteiger partial charge in [0.15, 0.2) is 5.75 Å². The van der Waals surface area contributed by atoms with Crippen LogP contribution in [0.3, 0.4) is 0 Å². The number of phenols is 1. The maximum absolute atomic E-state index is 11.8. The Balaban J connectivity index is 1.57. The molecule has 2 aromatic heterocycles. The van der Waals surface area contributed by atoms with Crippen molar-refractivity contribution in [3.05, 3.63) is 98.1 Å². The fourth-order valence-corrected chi connectivity index (χ4v) is 3.83. The van der Waals surface area contributed by atoms with E-state index in [1.165, 1.54) is 30.7 Å². The molecule has 8 nitrogen and oxygen atoms in total. The van der Waals surface area contributed by atoms with E-state index in [-0.39, 0.29) is 23.3 Å². The SMILES string of the molecule is C=CC(=O)Nc1cccc(-c2cc(-c3ccc(Oc4ncccc4O)cc3O)cc3cncnc23)c1. The predicted octanol–water partition coefficient (Wildman–Crippen LogP) is 5.69. The van der Waals surface area contributed by atoms with E-state index in [4.69, 9.17) is 4.74 Å². The van der Waals surface area contributed by atoms with Gasteiger partial charge in [-0.3, -0.25) is 4.79 Å². The number of hydrogen-bond donors (Lipinski definition) is 3. The van der Waals surface area contributed by atoms with Gasteiger partial charge in [0.1, 0.15) is 17.8 Å². The number of hydrogen-bond acceptors (Lipinski definition) is 7. The van der Waals surface area contributed by atoms with Crippen LogP contribution in [0.5, 0.6) is 23.1 Å². The molecule has 0 unspecified atom stereocenters. The Kier molecular flexibility index (Phi) is 5.98. The lowest BCUT2D eigenvalue weighted by Gasteiger charge is -2.13. The smallest absolute Gasteiger partial charge is 0.262 e. The van der Waals surface area contributed by atoms with Crippen LogP contribution in [0.25, 0.3) is 33.2 Å². The molecule has 0 radical (unpaired) electrons. The molecule has 0 saturated carbocycles. The van der Waals surface area contributed by atoms with Gasteiger partial charge in [-0.15, -0.1) is 0 Å². The number of ether oxygens (including phenoxy) is 1. The molecule has 0 atom stereocenters. The first-order valence-electron chi connectivity index (χ1n) is 10.9. The summed E-state index contributed by atoms with van der Waals surface area (Å²) >= 11 is 0. The van der Waals surface area contributed by atoms with E-state index in [1.807, 2.05) is 30.3 Å². The van der Waals surface area contributed by atoms with Crippen LogP contribution in [-0.2, 0) is 4.79 Å². The summed E-state index contributed by atoms with van der Waals surface area (Å²) in [7, 11) is 0. The predicted molar refractivity (Wildman–Crippen MR) is 137 cm³/mol. The maximum Gasteiger partial charge on any atom is 0.262 e. The van der Waals surface area contributed by atoms with Gasteiger partial charge in [-0.1, -0.05) is 18.7 Å². The van der Waals surface area contributed by atoms with Crippen molar-refractivity contribution in [1.82, 2.24) is 15.0 Å². The first-order chi connectivity index (χ1) is 17.5. The van der Waals surface area contributed by atoms with Crippen molar-refractivity contribution in [3.63, 3.8) is 0 Å². The Hall–Kier alpha value is -5.24. The average Bonchev–Trinajstić information content (AvgIpc) is 2.89. The molecule has 0 aliphatic rings. The molecule has 0 aliphatic carbocycles. The summed E-state index contributed by atoms with van der Waals surface area (Å²) in [6.07, 6.45) is 5.89. The fourth-order valence-electron chi connectivity index (χ4n) is 3.83. The Morgan fingerprint density at radius 2 is 1.81 bits per heavy atom. The summed E-state index contributed by atoms with van der Waals surface area (Å²) in [5.74, 6) is -0.0679. The molecule has 3 aromatic carbocycles. The van der Waals surface area contributed by atoms with E-state index in [0.717, 1.165) is 27.6 Å². The largest absolute Gasteiger partial charge is 0.507 e. The number of rotatable bonds is 6. The number of pyridine rings is 1. The van der Waals surface area contributed by atoms with Crippen molar-refractivity contribution in [2.75, 3.05) is 5.32 Å². The standard InChI is InChI=1S/C28H20N4O4/c1-2-26(35)32-20-6-3-5-17(12-20)23-13-18(11-19-15-29-16-31-27(19)23)22-9-8-21(14-25(22)34)36-28-24(33)7-4-10-30-28/h2-16,33-34H,1H2,(H,32,35). The van der Waals surface area contributed by atoms with Gasteiger partial charge in [-0.05, 0) is 65.7 Å². The Bertz CT molecular complexity index is 1620. The van der Waals surface area contributed by atoms with Crippen molar-refractivity contribution < 1.29 is 19.7 Å². The molecule has 0 aliphatic heterocycles. The Labute approximate surface area is 206 Å². The molecule has 3 N–H and O–H groups in total. The van der Waals surface area contributed by atoms with Crippen molar-refractivity contribution in [2.24, 2.45) is 0 Å². The topological polar surface area (TPSA) is 117 Å². The molecule has 0 bridgehead atoms. The van der Waals surface area contributed by atoms with E-state index >= 15 is 0 Å². The second kappa shape index (κ2) is 9.55. The maximum atomic E-state index is 11.8. The third-order valence-corrected chi connectivity index (χ3v) is 5.48. The number of nitrogens with zero attached hydrogens (tertiary/aromatic N) is 3. The number of phenolic OH excluding ortho intramolecular Hbond substituents is 1. The lowest BCUT2D eigenvalue weighted by Crippen LogP contribution is -2.07. The lowest BCUT2D eigenvalue weighted by atomic mass is 9.95. The zero-order chi connectivity index (χ0) is 25.1. The van der Waals surface area contributed by atoms with E-state index in [1.54, 1.807) is 30.5 Å². The molecule has 0 saturated heterocycles. The molecular weight excluding hydrogens is 456 g/mol. The minimum atomic E-state index is -0.306. The quantitative estimate of drug-likeness (QED) is 0.270. The van der Waals surface area contributed by atoms with Crippen LogP contribution >= 0.6 is 0 Å². The summed E-state index contributed by atoms with van der Waals surface area (Å²) in [4.78, 5) is 24.4. The molecule has 0 spiro atoms. The van der Waals surface area contributed by atoms with Crippen molar-refractivity contribution >= 4 is 22.5 Å². The van der Waals surface area contributed by atoms with Gasteiger partial charge in [0, 0.05) is 40.7 Å². The number of nitrogens with one attached hydrogen (secondary N) is 1. The summed E-state index contributed by atoms with van der Waals surface area (Å²) in [6, 6.07) is 19.1. The first kappa shape index (κ1) is 22.5. The van der Waals surface area contributed by atoms with Crippen molar-refractivity contribution in [1.29, 1.82) is 0 Å². The molecule has 5 aromatic rings. The van der Waals surface area contributed by atoms with Gasteiger partial charge in [0.2, 0.25) is 5.91 Å². The monoisotopic (exact) mass is 476 g/mol. The molecule has 0 fully saturated rings. The molecule has 1 amide bonds. The summed E-state index contributed by atoms with van der Waals surface area (Å²) in [5.41, 5.74) is 4.27. The van der Waals surface area contributed by atoms with Crippen LogP contribution < -0.4 is 10.1 Å². The highest BCUT2D eigenvalue weighted by atomic mass is 16.5. The number of fused-ring (bicyclic) bond motifs is 1. The van der Waals surface area contributed by atoms with E-state index in [9.17, 15) is 15.0 Å². The fraction of sp³-hybridized carbons (Fsp3) is 0. The molecule has 5 rings (SSSR count). The molecule has 36 heavy (non-hydrogen) atoms. The number of benzene rings is 3. The second-order valence-corrected chi connectivity index (χ2v) is 7.87. The summed E-state index contributed by atoms with van der Waals surface area (Å²) < 4.78 is 5.62. The number of anilines is 1. The van der Waals surface area contributed by atoms with E-state index in [0.29, 0.717) is 17.0 Å². The van der Waals surface area contributed by atoms with Gasteiger partial charge < -0.3 is 20.3 Å². The van der Waals surface area contributed by atoms with Gasteiger partial charge >= 0.3 is 0 Å². The summed E-state index contributed by atoms with van der Waals surface area (Å²) in [5, 5.41) is 24.3. The molecule has 176 valence electrons. The van der Waals surface area contributed by atoms with E-state index < -0.39 is 0 Å². The van der Waals surface area contributed by atoms with Crippen LogP contribution in [0.2, 0.25) is 0 Å². The van der Waals surface area contributed by atoms with Crippen molar-refractivity contribution in [3.8, 4) is 45.4 Å². The molecule has 8 heteroatoms. The van der Waals surface area contributed by atoms with Gasteiger partial charge in [0.25, 0.3) is 5.88 Å². The molecular formula is C28H20N4O4. The Morgan fingerprint density at radius 1 is 0.917 bits per heavy atom. The minimum absolute atomic E-state index is 0.0166. The Morgan fingerprint density at radius 3 is 2.61 bits per heavy atom. The highest BCUT2D eigenvalue weighted by Gasteiger charge is 2.14. The first-order valence-corrected chi connectivity index (χ1v) is 10.9. The third kappa shape index (κ3) is 4.55. The van der Waals surface area contributed by atoms with E-state index in [2.05, 4.69) is 26.8 Å². The highest BCUT2D eigenvalue weighted by molar-refractivity contribution is 6.01. The number of aromatic hydroxyl groups is 2. The van der Waals surface area contributed by atoms with Gasteiger partial charge in [-0.2, -0.15) is 0 Å².